The van der Waals surface area contributed by atoms with Gasteiger partial charge >= 0.3 is 0 Å². The van der Waals surface area contributed by atoms with Crippen LogP contribution in [0.5, 0.6) is 0 Å². The Morgan fingerprint density at radius 1 is 1.62 bits per heavy atom. The highest BCUT2D eigenvalue weighted by atomic mass is 32.1. The van der Waals surface area contributed by atoms with Gasteiger partial charge in [-0.05, 0) is 12.6 Å². The van der Waals surface area contributed by atoms with Gasteiger partial charge in [0.05, 0.1) is 5.49 Å². The molecule has 0 amide bonds. The molecule has 0 spiro atoms. The Morgan fingerprint density at radius 3 is 2.88 bits per heavy atom. The van der Waals surface area contributed by atoms with Crippen molar-refractivity contribution in [3.05, 3.63) is 12.3 Å². The van der Waals surface area contributed by atoms with Crippen LogP contribution in [0.3, 0.4) is 0 Å². The molecule has 1 nitrogen and oxygen atoms in total. The van der Waals surface area contributed by atoms with E-state index in [2.05, 4.69) is 30.5 Å². The Labute approximate surface area is 55.8 Å². The number of unbranched alkanes of at least 4 members (excludes halogenated alkanes) is 1. The Morgan fingerprint density at radius 2 is 2.38 bits per heavy atom. The summed E-state index contributed by atoms with van der Waals surface area (Å²) in [6.45, 7) is 2.14. The van der Waals surface area contributed by atoms with E-state index < -0.39 is 0 Å². The lowest BCUT2D eigenvalue weighted by atomic mass is 10.3. The van der Waals surface area contributed by atoms with Crippen LogP contribution in [0.25, 0.3) is 0 Å². The second-order valence-electron chi connectivity index (χ2n) is 1.48. The monoisotopic (exact) mass is 129 g/mol. The number of rotatable bonds is 4. The van der Waals surface area contributed by atoms with Crippen LogP contribution in [0.15, 0.2) is 12.3 Å². The maximum Gasteiger partial charge on any atom is 0.0654 e. The first-order valence-corrected chi connectivity index (χ1v) is 3.23. The molecule has 0 aliphatic heterocycles. The highest BCUT2D eigenvalue weighted by Crippen LogP contribution is 1.84. The maximum atomic E-state index is 4.51. The summed E-state index contributed by atoms with van der Waals surface area (Å²) in [4.78, 5) is 0. The van der Waals surface area contributed by atoms with Gasteiger partial charge < -0.3 is 5.32 Å². The van der Waals surface area contributed by atoms with Crippen molar-refractivity contribution >= 4 is 17.7 Å². The van der Waals surface area contributed by atoms with E-state index in [0.29, 0.717) is 0 Å². The Bertz CT molecular complexity index is 78.6. The molecule has 8 heavy (non-hydrogen) atoms. The predicted octanol–water partition coefficient (Wildman–Crippen LogP) is 1.85. The highest BCUT2D eigenvalue weighted by Gasteiger charge is 1.68. The molecule has 0 heterocycles. The molecule has 0 rings (SSSR count). The molecule has 0 aliphatic carbocycles. The SMILES string of the molecule is CCC/C=C\NC=S. The third-order valence-electron chi connectivity index (χ3n) is 0.737. The molecule has 0 saturated heterocycles. The molecule has 0 atom stereocenters. The zero-order valence-electron chi connectivity index (χ0n) is 5.05. The van der Waals surface area contributed by atoms with Crippen molar-refractivity contribution in [2.24, 2.45) is 0 Å². The van der Waals surface area contributed by atoms with Gasteiger partial charge in [-0.15, -0.1) is 0 Å². The van der Waals surface area contributed by atoms with Crippen molar-refractivity contribution in [3.63, 3.8) is 0 Å². The summed E-state index contributed by atoms with van der Waals surface area (Å²) in [6, 6.07) is 0. The molecule has 1 N–H and O–H groups in total. The molecule has 0 aromatic rings. The first-order valence-electron chi connectivity index (χ1n) is 2.76. The molecule has 0 saturated carbocycles. The van der Waals surface area contributed by atoms with Gasteiger partial charge in [-0.2, -0.15) is 0 Å². The molecule has 0 unspecified atom stereocenters. The lowest BCUT2D eigenvalue weighted by Gasteiger charge is -1.83. The van der Waals surface area contributed by atoms with Crippen molar-refractivity contribution in [2.75, 3.05) is 0 Å². The molecule has 2 heteroatoms. The van der Waals surface area contributed by atoms with E-state index in [1.807, 2.05) is 6.20 Å². The van der Waals surface area contributed by atoms with Crippen LogP contribution in [0, 0.1) is 0 Å². The first kappa shape index (κ1) is 7.63. The van der Waals surface area contributed by atoms with E-state index in [1.54, 1.807) is 0 Å². The summed E-state index contributed by atoms with van der Waals surface area (Å²) < 4.78 is 0. The molecule has 0 bridgehead atoms. The van der Waals surface area contributed by atoms with Gasteiger partial charge in [0.1, 0.15) is 0 Å². The molecule has 0 aliphatic rings. The van der Waals surface area contributed by atoms with Crippen LogP contribution in [-0.4, -0.2) is 5.49 Å². The lowest BCUT2D eigenvalue weighted by Crippen LogP contribution is -1.95. The summed E-state index contributed by atoms with van der Waals surface area (Å²) in [6.07, 6.45) is 6.23. The summed E-state index contributed by atoms with van der Waals surface area (Å²) >= 11 is 4.51. The molecule has 0 radical (unpaired) electrons. The largest absolute Gasteiger partial charge is 0.359 e. The molecule has 0 aromatic heterocycles. The maximum absolute atomic E-state index is 4.51. The molecular weight excluding hydrogens is 118 g/mol. The average Bonchev–Trinajstić information content (AvgIpc) is 1.81. The smallest absolute Gasteiger partial charge is 0.0654 e. The fourth-order valence-electron chi connectivity index (χ4n) is 0.357. The van der Waals surface area contributed by atoms with Gasteiger partial charge in [0, 0.05) is 0 Å². The molecule has 0 fully saturated rings. The Kier molecular flexibility index (Phi) is 6.32. The van der Waals surface area contributed by atoms with Crippen molar-refractivity contribution in [1.29, 1.82) is 0 Å². The second-order valence-corrected chi connectivity index (χ2v) is 1.71. The topological polar surface area (TPSA) is 12.0 Å². The van der Waals surface area contributed by atoms with Gasteiger partial charge in [-0.3, -0.25) is 0 Å². The molecule has 0 aromatic carbocycles. The van der Waals surface area contributed by atoms with Crippen molar-refractivity contribution in [1.82, 2.24) is 5.32 Å². The van der Waals surface area contributed by atoms with E-state index in [4.69, 9.17) is 0 Å². The zero-order valence-corrected chi connectivity index (χ0v) is 5.87. The second kappa shape index (κ2) is 6.63. The van der Waals surface area contributed by atoms with Crippen LogP contribution >= 0.6 is 12.2 Å². The quantitative estimate of drug-likeness (QED) is 0.581. The van der Waals surface area contributed by atoms with Crippen molar-refractivity contribution in [2.45, 2.75) is 19.8 Å². The minimum atomic E-state index is 1.12. The summed E-state index contributed by atoms with van der Waals surface area (Å²) in [5, 5.41) is 2.79. The number of thiocarbonyl (C=S) groups is 1. The van der Waals surface area contributed by atoms with E-state index in [0.717, 1.165) is 6.42 Å². The van der Waals surface area contributed by atoms with E-state index in [-0.39, 0.29) is 0 Å². The Hall–Kier alpha value is -0.370. The normalized spacial score (nSPS) is 9.62. The van der Waals surface area contributed by atoms with Crippen molar-refractivity contribution < 1.29 is 0 Å². The summed E-state index contributed by atoms with van der Waals surface area (Å²) in [5.74, 6) is 0. The standard InChI is InChI=1S/C6H11NS/c1-2-3-4-5-7-6-8/h4-6H,2-3H2,1H3,(H,7,8)/b5-4-. The number of hydrogen-bond donors (Lipinski definition) is 1. The average molecular weight is 129 g/mol. The van der Waals surface area contributed by atoms with Gasteiger partial charge in [-0.25, -0.2) is 0 Å². The minimum absolute atomic E-state index is 1.12. The molecular formula is C6H11NS. The Balaban J connectivity index is 2.94. The summed E-state index contributed by atoms with van der Waals surface area (Å²) in [7, 11) is 0. The van der Waals surface area contributed by atoms with Crippen molar-refractivity contribution in [3.8, 4) is 0 Å². The van der Waals surface area contributed by atoms with Crippen LogP contribution in [0.2, 0.25) is 0 Å². The van der Waals surface area contributed by atoms with Gasteiger partial charge in [0.25, 0.3) is 0 Å². The minimum Gasteiger partial charge on any atom is -0.359 e. The predicted molar refractivity (Wildman–Crippen MR) is 40.8 cm³/mol. The van der Waals surface area contributed by atoms with Gasteiger partial charge in [-0.1, -0.05) is 31.6 Å². The molecule has 46 valence electrons. The van der Waals surface area contributed by atoms with Gasteiger partial charge in [0.2, 0.25) is 0 Å². The van der Waals surface area contributed by atoms with Crippen LogP contribution in [0.4, 0.5) is 0 Å². The zero-order chi connectivity index (χ0) is 6.24. The number of nitrogens with one attached hydrogen (secondary N) is 1. The van der Waals surface area contributed by atoms with Crippen LogP contribution in [0.1, 0.15) is 19.8 Å². The van der Waals surface area contributed by atoms with Crippen LogP contribution < -0.4 is 5.32 Å². The lowest BCUT2D eigenvalue weighted by molar-refractivity contribution is 0.953. The third-order valence-corrected chi connectivity index (χ3v) is 0.874. The fourth-order valence-corrected chi connectivity index (χ4v) is 0.436. The first-order chi connectivity index (χ1) is 3.91. The van der Waals surface area contributed by atoms with Gasteiger partial charge in [0.15, 0.2) is 0 Å². The number of hydrogen-bond acceptors (Lipinski definition) is 1. The van der Waals surface area contributed by atoms with E-state index in [1.165, 1.54) is 11.9 Å². The third kappa shape index (κ3) is 5.63. The van der Waals surface area contributed by atoms with E-state index >= 15 is 0 Å². The van der Waals surface area contributed by atoms with Crippen LogP contribution in [-0.2, 0) is 0 Å². The fraction of sp³-hybridized carbons (Fsp3) is 0.500. The number of allylic oxidation sites excluding steroid dienone is 1. The van der Waals surface area contributed by atoms with E-state index in [9.17, 15) is 0 Å². The highest BCUT2D eigenvalue weighted by molar-refractivity contribution is 7.78. The summed E-state index contributed by atoms with van der Waals surface area (Å²) in [5.41, 5.74) is 1.49.